The SMILES string of the molecule is CC1CC(OCC2=CCNCC2)CC(C)(C)C1. The Morgan fingerprint density at radius 1 is 1.41 bits per heavy atom. The number of hydrogen-bond acceptors (Lipinski definition) is 2. The van der Waals surface area contributed by atoms with Gasteiger partial charge in [-0.1, -0.05) is 26.8 Å². The molecule has 2 nitrogen and oxygen atoms in total. The van der Waals surface area contributed by atoms with Crippen LogP contribution in [-0.4, -0.2) is 25.8 Å². The van der Waals surface area contributed by atoms with Crippen molar-refractivity contribution in [2.45, 2.75) is 52.6 Å². The molecule has 1 N–H and O–H groups in total. The second kappa shape index (κ2) is 5.53. The van der Waals surface area contributed by atoms with Crippen molar-refractivity contribution in [2.24, 2.45) is 11.3 Å². The molecule has 0 aromatic rings. The molecule has 0 saturated heterocycles. The predicted molar refractivity (Wildman–Crippen MR) is 72.1 cm³/mol. The molecule has 1 aliphatic heterocycles. The van der Waals surface area contributed by atoms with Gasteiger partial charge in [-0.05, 0) is 49.1 Å². The van der Waals surface area contributed by atoms with E-state index >= 15 is 0 Å². The molecule has 1 aliphatic carbocycles. The molecule has 0 bridgehead atoms. The Bertz CT molecular complexity index is 283. The highest BCUT2D eigenvalue weighted by Crippen LogP contribution is 2.39. The van der Waals surface area contributed by atoms with Gasteiger partial charge in [-0.15, -0.1) is 0 Å². The molecule has 1 heterocycles. The van der Waals surface area contributed by atoms with E-state index < -0.39 is 0 Å². The molecule has 2 unspecified atom stereocenters. The highest BCUT2D eigenvalue weighted by atomic mass is 16.5. The molecule has 98 valence electrons. The van der Waals surface area contributed by atoms with Gasteiger partial charge < -0.3 is 10.1 Å². The summed E-state index contributed by atoms with van der Waals surface area (Å²) in [6, 6.07) is 0. The summed E-state index contributed by atoms with van der Waals surface area (Å²) in [5, 5.41) is 3.34. The second-order valence-corrected chi connectivity index (χ2v) is 6.66. The third-order valence-electron chi connectivity index (χ3n) is 4.01. The van der Waals surface area contributed by atoms with Crippen molar-refractivity contribution < 1.29 is 4.74 Å². The number of hydrogen-bond donors (Lipinski definition) is 1. The number of ether oxygens (including phenoxy) is 1. The Hall–Kier alpha value is -0.340. The second-order valence-electron chi connectivity index (χ2n) is 6.66. The summed E-state index contributed by atoms with van der Waals surface area (Å²) in [5.74, 6) is 0.811. The average molecular weight is 237 g/mol. The minimum absolute atomic E-state index is 0.463. The van der Waals surface area contributed by atoms with Crippen LogP contribution in [0.15, 0.2) is 11.6 Å². The van der Waals surface area contributed by atoms with Gasteiger partial charge in [0, 0.05) is 6.54 Å². The smallest absolute Gasteiger partial charge is 0.0681 e. The van der Waals surface area contributed by atoms with Crippen molar-refractivity contribution in [3.8, 4) is 0 Å². The third-order valence-corrected chi connectivity index (χ3v) is 4.01. The van der Waals surface area contributed by atoms with Crippen molar-refractivity contribution in [3.63, 3.8) is 0 Å². The maximum Gasteiger partial charge on any atom is 0.0681 e. The molecule has 0 amide bonds. The lowest BCUT2D eigenvalue weighted by atomic mass is 9.71. The van der Waals surface area contributed by atoms with Crippen LogP contribution in [-0.2, 0) is 4.74 Å². The zero-order chi connectivity index (χ0) is 12.3. The maximum atomic E-state index is 6.13. The molecule has 0 spiro atoms. The van der Waals surface area contributed by atoms with Crippen LogP contribution in [0.5, 0.6) is 0 Å². The Balaban J connectivity index is 1.80. The van der Waals surface area contributed by atoms with Gasteiger partial charge in [0.25, 0.3) is 0 Å². The molecule has 1 fully saturated rings. The van der Waals surface area contributed by atoms with E-state index in [9.17, 15) is 0 Å². The molecule has 2 atom stereocenters. The fraction of sp³-hybridized carbons (Fsp3) is 0.867. The summed E-state index contributed by atoms with van der Waals surface area (Å²) in [6.07, 6.45) is 7.74. The molecular formula is C15H27NO. The fourth-order valence-corrected chi connectivity index (χ4v) is 3.41. The molecule has 17 heavy (non-hydrogen) atoms. The Labute approximate surface area is 106 Å². The quantitative estimate of drug-likeness (QED) is 0.761. The minimum Gasteiger partial charge on any atom is -0.374 e. The van der Waals surface area contributed by atoms with Crippen molar-refractivity contribution in [2.75, 3.05) is 19.7 Å². The lowest BCUT2D eigenvalue weighted by Crippen LogP contribution is -2.33. The van der Waals surface area contributed by atoms with Crippen LogP contribution in [0.3, 0.4) is 0 Å². The van der Waals surface area contributed by atoms with Gasteiger partial charge >= 0.3 is 0 Å². The van der Waals surface area contributed by atoms with E-state index in [0.29, 0.717) is 11.5 Å². The first-order valence-corrected chi connectivity index (χ1v) is 7.05. The van der Waals surface area contributed by atoms with Crippen LogP contribution in [0.2, 0.25) is 0 Å². The molecule has 2 heteroatoms. The Kier molecular flexibility index (Phi) is 4.26. The van der Waals surface area contributed by atoms with E-state index in [1.54, 1.807) is 0 Å². The largest absolute Gasteiger partial charge is 0.374 e. The molecule has 0 aromatic heterocycles. The number of nitrogens with one attached hydrogen (secondary N) is 1. The van der Waals surface area contributed by atoms with E-state index in [0.717, 1.165) is 32.0 Å². The van der Waals surface area contributed by atoms with E-state index in [1.165, 1.54) is 24.8 Å². The molecule has 1 saturated carbocycles. The van der Waals surface area contributed by atoms with Gasteiger partial charge in [-0.3, -0.25) is 0 Å². The fourth-order valence-electron chi connectivity index (χ4n) is 3.41. The van der Waals surface area contributed by atoms with Crippen LogP contribution in [0.25, 0.3) is 0 Å². The summed E-state index contributed by atoms with van der Waals surface area (Å²) in [6.45, 7) is 10.1. The van der Waals surface area contributed by atoms with E-state index in [-0.39, 0.29) is 0 Å². The molecule has 2 aliphatic rings. The monoisotopic (exact) mass is 237 g/mol. The first-order chi connectivity index (χ1) is 8.05. The lowest BCUT2D eigenvalue weighted by Gasteiger charge is -2.39. The molecule has 0 aromatic carbocycles. The van der Waals surface area contributed by atoms with Crippen LogP contribution in [0.1, 0.15) is 46.5 Å². The highest BCUT2D eigenvalue weighted by molar-refractivity contribution is 5.07. The van der Waals surface area contributed by atoms with Gasteiger partial charge in [-0.25, -0.2) is 0 Å². The summed E-state index contributed by atoms with van der Waals surface area (Å²) in [4.78, 5) is 0. The van der Waals surface area contributed by atoms with Gasteiger partial charge in [0.2, 0.25) is 0 Å². The standard InChI is InChI=1S/C15H27NO/c1-12-8-14(10-15(2,3)9-12)17-11-13-4-6-16-7-5-13/h4,12,14,16H,5-11H2,1-3H3. The third kappa shape index (κ3) is 4.11. The highest BCUT2D eigenvalue weighted by Gasteiger charge is 2.32. The van der Waals surface area contributed by atoms with Crippen LogP contribution in [0, 0.1) is 11.3 Å². The van der Waals surface area contributed by atoms with Crippen molar-refractivity contribution in [3.05, 3.63) is 11.6 Å². The molecule has 0 radical (unpaired) electrons. The molecular weight excluding hydrogens is 210 g/mol. The van der Waals surface area contributed by atoms with E-state index in [4.69, 9.17) is 4.74 Å². The number of rotatable bonds is 3. The van der Waals surface area contributed by atoms with E-state index in [2.05, 4.69) is 32.2 Å². The molecule has 2 rings (SSSR count). The van der Waals surface area contributed by atoms with Gasteiger partial charge in [0.1, 0.15) is 0 Å². The van der Waals surface area contributed by atoms with Crippen molar-refractivity contribution in [1.82, 2.24) is 5.32 Å². The van der Waals surface area contributed by atoms with E-state index in [1.807, 2.05) is 0 Å². The van der Waals surface area contributed by atoms with Gasteiger partial charge in [-0.2, -0.15) is 0 Å². The summed E-state index contributed by atoms with van der Waals surface area (Å²) in [5.41, 5.74) is 1.95. The summed E-state index contributed by atoms with van der Waals surface area (Å²) in [7, 11) is 0. The minimum atomic E-state index is 0.463. The van der Waals surface area contributed by atoms with Crippen molar-refractivity contribution in [1.29, 1.82) is 0 Å². The van der Waals surface area contributed by atoms with Crippen LogP contribution >= 0.6 is 0 Å². The first-order valence-electron chi connectivity index (χ1n) is 7.05. The first kappa shape index (κ1) is 13.1. The van der Waals surface area contributed by atoms with Crippen LogP contribution in [0.4, 0.5) is 0 Å². The van der Waals surface area contributed by atoms with Gasteiger partial charge in [0.05, 0.1) is 12.7 Å². The zero-order valence-electron chi connectivity index (χ0n) is 11.6. The van der Waals surface area contributed by atoms with Gasteiger partial charge in [0.15, 0.2) is 0 Å². The Morgan fingerprint density at radius 2 is 2.24 bits per heavy atom. The Morgan fingerprint density at radius 3 is 2.88 bits per heavy atom. The normalized spacial score (nSPS) is 33.2. The lowest BCUT2D eigenvalue weighted by molar-refractivity contribution is -0.0141. The topological polar surface area (TPSA) is 21.3 Å². The van der Waals surface area contributed by atoms with Crippen LogP contribution < -0.4 is 5.32 Å². The summed E-state index contributed by atoms with van der Waals surface area (Å²) < 4.78 is 6.13. The maximum absolute atomic E-state index is 6.13. The average Bonchev–Trinajstić information content (AvgIpc) is 2.25. The van der Waals surface area contributed by atoms with Crippen molar-refractivity contribution >= 4 is 0 Å². The zero-order valence-corrected chi connectivity index (χ0v) is 11.6. The predicted octanol–water partition coefficient (Wildman–Crippen LogP) is 3.14. The summed E-state index contributed by atoms with van der Waals surface area (Å²) >= 11 is 0.